The number of carbonyl (C=O) groups excluding carboxylic acids is 1. The first-order valence-corrected chi connectivity index (χ1v) is 5.31. The lowest BCUT2D eigenvalue weighted by Gasteiger charge is -2.00. The monoisotopic (exact) mass is 239 g/mol. The van der Waals surface area contributed by atoms with E-state index in [1.807, 2.05) is 0 Å². The number of benzene rings is 1. The van der Waals surface area contributed by atoms with Gasteiger partial charge in [0.2, 0.25) is 0 Å². The van der Waals surface area contributed by atoms with Gasteiger partial charge in [0.05, 0.1) is 5.69 Å². The molecule has 0 N–H and O–H groups in total. The van der Waals surface area contributed by atoms with Crippen LogP contribution in [-0.2, 0) is 0 Å². The summed E-state index contributed by atoms with van der Waals surface area (Å²) in [6.07, 6.45) is 0.614. The van der Waals surface area contributed by atoms with E-state index in [1.54, 1.807) is 6.92 Å². The van der Waals surface area contributed by atoms with Crippen molar-refractivity contribution in [2.45, 2.75) is 6.92 Å². The molecule has 0 atom stereocenters. The smallest absolute Gasteiger partial charge is 0.178 e. The number of hydrogen-bond acceptors (Lipinski definition) is 3. The highest BCUT2D eigenvalue weighted by molar-refractivity contribution is 7.13. The summed E-state index contributed by atoms with van der Waals surface area (Å²) in [6.45, 7) is 1.74. The van der Waals surface area contributed by atoms with Crippen molar-refractivity contribution < 1.29 is 13.6 Å². The van der Waals surface area contributed by atoms with Crippen LogP contribution < -0.4 is 0 Å². The van der Waals surface area contributed by atoms with Gasteiger partial charge in [0.15, 0.2) is 11.3 Å². The van der Waals surface area contributed by atoms with E-state index in [-0.39, 0.29) is 10.6 Å². The van der Waals surface area contributed by atoms with Crippen molar-refractivity contribution >= 4 is 17.6 Å². The number of aldehydes is 1. The van der Waals surface area contributed by atoms with Gasteiger partial charge in [-0.05, 0) is 19.1 Å². The normalized spacial score (nSPS) is 10.4. The number of rotatable bonds is 2. The van der Waals surface area contributed by atoms with Gasteiger partial charge in [0.25, 0.3) is 0 Å². The number of thiazole rings is 1. The van der Waals surface area contributed by atoms with Crippen molar-refractivity contribution in [3.05, 3.63) is 39.7 Å². The van der Waals surface area contributed by atoms with Crippen molar-refractivity contribution in [2.75, 3.05) is 0 Å². The van der Waals surface area contributed by atoms with E-state index in [2.05, 4.69) is 4.98 Å². The maximum Gasteiger partial charge on any atom is 0.178 e. The average molecular weight is 239 g/mol. The summed E-state index contributed by atoms with van der Waals surface area (Å²) in [4.78, 5) is 15.2. The largest absolute Gasteiger partial charge is 0.295 e. The Morgan fingerprint density at radius 2 is 2.12 bits per heavy atom. The summed E-state index contributed by atoms with van der Waals surface area (Å²) in [7, 11) is 0. The summed E-state index contributed by atoms with van der Waals surface area (Å²) < 4.78 is 26.2. The summed E-state index contributed by atoms with van der Waals surface area (Å²) in [5.74, 6) is -1.31. The summed E-state index contributed by atoms with van der Waals surface area (Å²) in [5.41, 5.74) is 0.604. The van der Waals surface area contributed by atoms with Crippen LogP contribution >= 0.6 is 11.3 Å². The number of halogens is 2. The molecule has 0 saturated carbocycles. The van der Waals surface area contributed by atoms with Crippen molar-refractivity contribution in [3.63, 3.8) is 0 Å². The molecule has 1 heterocycles. The molecule has 2 nitrogen and oxygen atoms in total. The fourth-order valence-corrected chi connectivity index (χ4v) is 2.15. The lowest BCUT2D eigenvalue weighted by Crippen LogP contribution is -1.88. The molecule has 82 valence electrons. The Balaban J connectivity index is 2.57. The van der Waals surface area contributed by atoms with E-state index in [1.165, 1.54) is 17.4 Å². The fourth-order valence-electron chi connectivity index (χ4n) is 1.40. The lowest BCUT2D eigenvalue weighted by atomic mass is 10.1. The molecule has 16 heavy (non-hydrogen) atoms. The van der Waals surface area contributed by atoms with Crippen LogP contribution in [-0.4, -0.2) is 11.3 Å². The zero-order valence-corrected chi connectivity index (χ0v) is 9.15. The molecule has 0 radical (unpaired) electrons. The maximum atomic E-state index is 13.5. The first-order valence-electron chi connectivity index (χ1n) is 4.50. The molecule has 0 aliphatic rings. The first kappa shape index (κ1) is 10.9. The third-order valence-electron chi connectivity index (χ3n) is 2.10. The average Bonchev–Trinajstić information content (AvgIpc) is 2.60. The predicted octanol–water partition coefficient (Wildman–Crippen LogP) is 3.21. The summed E-state index contributed by atoms with van der Waals surface area (Å²) in [5, 5.41) is 0.288. The van der Waals surface area contributed by atoms with E-state index in [4.69, 9.17) is 0 Å². The third-order valence-corrected chi connectivity index (χ3v) is 3.00. The van der Waals surface area contributed by atoms with Crippen LogP contribution in [0.2, 0.25) is 0 Å². The van der Waals surface area contributed by atoms with Crippen LogP contribution in [0, 0.1) is 18.6 Å². The highest BCUT2D eigenvalue weighted by Crippen LogP contribution is 2.29. The minimum atomic E-state index is -0.675. The van der Waals surface area contributed by atoms with Gasteiger partial charge < -0.3 is 0 Å². The molecule has 0 amide bonds. The number of nitrogens with zero attached hydrogens (tertiary/aromatic N) is 1. The van der Waals surface area contributed by atoms with E-state index >= 15 is 0 Å². The zero-order chi connectivity index (χ0) is 11.7. The Labute approximate surface area is 94.6 Å². The number of aromatic nitrogens is 1. The molecule has 0 unspecified atom stereocenters. The van der Waals surface area contributed by atoms with Crippen molar-refractivity contribution in [3.8, 4) is 11.3 Å². The number of hydrogen-bond donors (Lipinski definition) is 0. The molecular weight excluding hydrogens is 232 g/mol. The van der Waals surface area contributed by atoms with Crippen LogP contribution in [0.15, 0.2) is 18.2 Å². The molecule has 1 aromatic heterocycles. The first-order chi connectivity index (χ1) is 7.61. The summed E-state index contributed by atoms with van der Waals surface area (Å²) >= 11 is 1.18. The van der Waals surface area contributed by atoms with Gasteiger partial charge in [-0.15, -0.1) is 11.3 Å². The van der Waals surface area contributed by atoms with Crippen LogP contribution in [0.3, 0.4) is 0 Å². The Kier molecular flexibility index (Phi) is 2.78. The molecule has 0 aliphatic carbocycles. The van der Waals surface area contributed by atoms with Gasteiger partial charge in [0.1, 0.15) is 11.6 Å². The van der Waals surface area contributed by atoms with Crippen LogP contribution in [0.25, 0.3) is 11.3 Å². The highest BCUT2D eigenvalue weighted by atomic mass is 32.1. The second kappa shape index (κ2) is 4.09. The van der Waals surface area contributed by atoms with E-state index in [9.17, 15) is 13.6 Å². The standard InChI is InChI=1S/C11H7F2NOS/c1-6-11(14-10(5-15)16-6)8-3-2-7(12)4-9(8)13/h2-5H,1H3. The molecule has 0 fully saturated rings. The van der Waals surface area contributed by atoms with E-state index < -0.39 is 11.6 Å². The van der Waals surface area contributed by atoms with Crippen molar-refractivity contribution in [2.24, 2.45) is 0 Å². The van der Waals surface area contributed by atoms with Crippen LogP contribution in [0.1, 0.15) is 14.7 Å². The quantitative estimate of drug-likeness (QED) is 0.753. The van der Waals surface area contributed by atoms with Crippen LogP contribution in [0.5, 0.6) is 0 Å². The Morgan fingerprint density at radius 3 is 2.69 bits per heavy atom. The third kappa shape index (κ3) is 1.86. The number of aryl methyl sites for hydroxylation is 1. The van der Waals surface area contributed by atoms with Crippen molar-refractivity contribution in [1.29, 1.82) is 0 Å². The zero-order valence-electron chi connectivity index (χ0n) is 8.33. The number of carbonyl (C=O) groups is 1. The molecular formula is C11H7F2NOS. The topological polar surface area (TPSA) is 30.0 Å². The maximum absolute atomic E-state index is 13.5. The van der Waals surface area contributed by atoms with Crippen molar-refractivity contribution in [1.82, 2.24) is 4.98 Å². The SMILES string of the molecule is Cc1sc(C=O)nc1-c1ccc(F)cc1F. The molecule has 0 aliphatic heterocycles. The highest BCUT2D eigenvalue weighted by Gasteiger charge is 2.13. The molecule has 5 heteroatoms. The second-order valence-electron chi connectivity index (χ2n) is 3.20. The Hall–Kier alpha value is -1.62. The molecule has 0 spiro atoms. The molecule has 0 bridgehead atoms. The minimum absolute atomic E-state index is 0.211. The summed E-state index contributed by atoms with van der Waals surface area (Å²) in [6, 6.07) is 3.29. The second-order valence-corrected chi connectivity index (χ2v) is 4.43. The molecule has 0 saturated heterocycles. The van der Waals surface area contributed by atoms with Gasteiger partial charge in [0, 0.05) is 16.5 Å². The van der Waals surface area contributed by atoms with Crippen LogP contribution in [0.4, 0.5) is 8.78 Å². The van der Waals surface area contributed by atoms with E-state index in [0.717, 1.165) is 17.0 Å². The predicted molar refractivity (Wildman–Crippen MR) is 57.6 cm³/mol. The Morgan fingerprint density at radius 1 is 1.38 bits per heavy atom. The molecule has 1 aromatic carbocycles. The Bertz CT molecular complexity index is 551. The van der Waals surface area contributed by atoms with E-state index in [0.29, 0.717) is 12.0 Å². The molecule has 2 rings (SSSR count). The lowest BCUT2D eigenvalue weighted by molar-refractivity contribution is 0.112. The van der Waals surface area contributed by atoms with Gasteiger partial charge in [-0.25, -0.2) is 13.8 Å². The van der Waals surface area contributed by atoms with Gasteiger partial charge in [-0.1, -0.05) is 0 Å². The minimum Gasteiger partial charge on any atom is -0.295 e. The van der Waals surface area contributed by atoms with Gasteiger partial charge >= 0.3 is 0 Å². The molecule has 2 aromatic rings. The fraction of sp³-hybridized carbons (Fsp3) is 0.0909. The van der Waals surface area contributed by atoms with Gasteiger partial charge in [-0.3, -0.25) is 4.79 Å². The van der Waals surface area contributed by atoms with Gasteiger partial charge in [-0.2, -0.15) is 0 Å².